The van der Waals surface area contributed by atoms with Gasteiger partial charge in [-0.25, -0.2) is 0 Å². The van der Waals surface area contributed by atoms with E-state index in [-0.39, 0.29) is 11.3 Å². The molecule has 0 spiro atoms. The van der Waals surface area contributed by atoms with Gasteiger partial charge in [0.05, 0.1) is 5.92 Å². The molecule has 1 aliphatic carbocycles. The summed E-state index contributed by atoms with van der Waals surface area (Å²) in [5.41, 5.74) is 0.234. The van der Waals surface area contributed by atoms with Gasteiger partial charge in [0.1, 0.15) is 11.6 Å². The SMILES string of the molecule is CC1(C)CCCCC1c1nnc2n1CC(C(=O)O)CC2. The Labute approximate surface area is 119 Å². The zero-order valence-electron chi connectivity index (χ0n) is 12.3. The number of carbonyl (C=O) groups is 1. The average molecular weight is 277 g/mol. The highest BCUT2D eigenvalue weighted by Gasteiger charge is 2.38. The highest BCUT2D eigenvalue weighted by molar-refractivity contribution is 5.70. The lowest BCUT2D eigenvalue weighted by molar-refractivity contribution is -0.142. The van der Waals surface area contributed by atoms with Gasteiger partial charge in [0.15, 0.2) is 0 Å². The van der Waals surface area contributed by atoms with Crippen molar-refractivity contribution in [2.75, 3.05) is 0 Å². The fourth-order valence-corrected chi connectivity index (χ4v) is 3.78. The van der Waals surface area contributed by atoms with E-state index < -0.39 is 5.97 Å². The van der Waals surface area contributed by atoms with Crippen LogP contribution in [-0.2, 0) is 17.8 Å². The topological polar surface area (TPSA) is 68.0 Å². The number of aromatic nitrogens is 3. The Hall–Kier alpha value is -1.39. The molecule has 1 saturated carbocycles. The lowest BCUT2D eigenvalue weighted by Gasteiger charge is -2.38. The molecule has 5 nitrogen and oxygen atoms in total. The van der Waals surface area contributed by atoms with Crippen molar-refractivity contribution in [3.8, 4) is 0 Å². The third-order valence-corrected chi connectivity index (χ3v) is 5.14. The van der Waals surface area contributed by atoms with Crippen LogP contribution in [0.4, 0.5) is 0 Å². The third-order valence-electron chi connectivity index (χ3n) is 5.14. The Morgan fingerprint density at radius 3 is 2.80 bits per heavy atom. The van der Waals surface area contributed by atoms with Gasteiger partial charge in [-0.1, -0.05) is 26.7 Å². The van der Waals surface area contributed by atoms with Crippen molar-refractivity contribution in [1.82, 2.24) is 14.8 Å². The van der Waals surface area contributed by atoms with Gasteiger partial charge in [-0.15, -0.1) is 10.2 Å². The quantitative estimate of drug-likeness (QED) is 0.902. The molecule has 1 aliphatic heterocycles. The third kappa shape index (κ3) is 2.23. The molecule has 0 aromatic carbocycles. The van der Waals surface area contributed by atoms with Gasteiger partial charge >= 0.3 is 5.97 Å². The first-order chi connectivity index (χ1) is 9.49. The van der Waals surface area contributed by atoms with Crippen LogP contribution in [0.2, 0.25) is 0 Å². The van der Waals surface area contributed by atoms with Gasteiger partial charge in [-0.3, -0.25) is 4.79 Å². The zero-order valence-corrected chi connectivity index (χ0v) is 12.3. The summed E-state index contributed by atoms with van der Waals surface area (Å²) in [6.07, 6.45) is 6.28. The van der Waals surface area contributed by atoms with Crippen molar-refractivity contribution in [1.29, 1.82) is 0 Å². The number of carboxylic acids is 1. The molecule has 5 heteroatoms. The molecule has 20 heavy (non-hydrogen) atoms. The first-order valence-electron chi connectivity index (χ1n) is 7.64. The van der Waals surface area contributed by atoms with Crippen LogP contribution in [0.3, 0.4) is 0 Å². The van der Waals surface area contributed by atoms with Crippen molar-refractivity contribution in [2.24, 2.45) is 11.3 Å². The predicted octanol–water partition coefficient (Wildman–Crippen LogP) is 2.61. The first kappa shape index (κ1) is 13.6. The maximum atomic E-state index is 11.2. The molecule has 1 N–H and O–H groups in total. The van der Waals surface area contributed by atoms with Crippen molar-refractivity contribution < 1.29 is 9.90 Å². The zero-order chi connectivity index (χ0) is 14.3. The monoisotopic (exact) mass is 277 g/mol. The van der Waals surface area contributed by atoms with Crippen LogP contribution < -0.4 is 0 Å². The summed E-state index contributed by atoms with van der Waals surface area (Å²) in [7, 11) is 0. The van der Waals surface area contributed by atoms with Crippen LogP contribution in [0, 0.1) is 11.3 Å². The Balaban J connectivity index is 1.92. The molecular weight excluding hydrogens is 254 g/mol. The predicted molar refractivity (Wildman–Crippen MR) is 74.5 cm³/mol. The Kier molecular flexibility index (Phi) is 3.30. The van der Waals surface area contributed by atoms with Crippen LogP contribution in [0.1, 0.15) is 63.5 Å². The smallest absolute Gasteiger partial charge is 0.308 e. The van der Waals surface area contributed by atoms with E-state index in [1.54, 1.807) is 0 Å². The van der Waals surface area contributed by atoms with E-state index in [1.165, 1.54) is 19.3 Å². The molecule has 1 aromatic rings. The van der Waals surface area contributed by atoms with Crippen LogP contribution in [0.15, 0.2) is 0 Å². The number of hydrogen-bond donors (Lipinski definition) is 1. The summed E-state index contributed by atoms with van der Waals surface area (Å²) in [4.78, 5) is 11.2. The molecule has 1 aromatic heterocycles. The second-order valence-electron chi connectivity index (χ2n) is 6.95. The Morgan fingerprint density at radius 1 is 1.30 bits per heavy atom. The Bertz CT molecular complexity index is 521. The van der Waals surface area contributed by atoms with E-state index in [0.29, 0.717) is 18.9 Å². The van der Waals surface area contributed by atoms with E-state index in [1.807, 2.05) is 0 Å². The van der Waals surface area contributed by atoms with E-state index in [4.69, 9.17) is 0 Å². The lowest BCUT2D eigenvalue weighted by atomic mass is 9.68. The van der Waals surface area contributed by atoms with Gasteiger partial charge < -0.3 is 9.67 Å². The number of carboxylic acid groups (broad SMARTS) is 1. The minimum absolute atomic E-state index is 0.234. The van der Waals surface area contributed by atoms with Gasteiger partial charge in [0, 0.05) is 18.9 Å². The summed E-state index contributed by atoms with van der Waals surface area (Å²) in [5, 5.41) is 18.0. The van der Waals surface area contributed by atoms with Gasteiger partial charge in [0.25, 0.3) is 0 Å². The molecule has 0 amide bonds. The molecule has 110 valence electrons. The summed E-state index contributed by atoms with van der Waals surface area (Å²) in [5.74, 6) is 1.42. The number of aryl methyl sites for hydroxylation is 1. The summed E-state index contributed by atoms with van der Waals surface area (Å²) in [6, 6.07) is 0. The normalized spacial score (nSPS) is 28.9. The summed E-state index contributed by atoms with van der Waals surface area (Å²) < 4.78 is 2.10. The summed E-state index contributed by atoms with van der Waals surface area (Å²) >= 11 is 0. The standard InChI is InChI=1S/C15H23N3O2/c1-15(2)8-4-3-5-11(15)13-17-16-12-7-6-10(14(19)20)9-18(12)13/h10-11H,3-9H2,1-2H3,(H,19,20). The minimum atomic E-state index is -0.696. The highest BCUT2D eigenvalue weighted by Crippen LogP contribution is 2.46. The second-order valence-corrected chi connectivity index (χ2v) is 6.95. The molecule has 3 rings (SSSR count). The van der Waals surface area contributed by atoms with Crippen LogP contribution in [0.25, 0.3) is 0 Å². The molecule has 2 heterocycles. The van der Waals surface area contributed by atoms with Crippen molar-refractivity contribution >= 4 is 5.97 Å². The fraction of sp³-hybridized carbons (Fsp3) is 0.800. The van der Waals surface area contributed by atoms with Gasteiger partial charge in [-0.2, -0.15) is 0 Å². The molecule has 1 fully saturated rings. The maximum absolute atomic E-state index is 11.2. The fourth-order valence-electron chi connectivity index (χ4n) is 3.78. The second kappa shape index (κ2) is 4.86. The number of nitrogens with zero attached hydrogens (tertiary/aromatic N) is 3. The van der Waals surface area contributed by atoms with Crippen molar-refractivity contribution in [3.63, 3.8) is 0 Å². The molecule has 0 bridgehead atoms. The van der Waals surface area contributed by atoms with E-state index in [0.717, 1.165) is 24.5 Å². The van der Waals surface area contributed by atoms with Crippen molar-refractivity contribution in [2.45, 2.75) is 64.8 Å². The van der Waals surface area contributed by atoms with Crippen molar-refractivity contribution in [3.05, 3.63) is 11.6 Å². The first-order valence-corrected chi connectivity index (χ1v) is 7.64. The highest BCUT2D eigenvalue weighted by atomic mass is 16.4. The largest absolute Gasteiger partial charge is 0.481 e. The Morgan fingerprint density at radius 2 is 2.10 bits per heavy atom. The maximum Gasteiger partial charge on any atom is 0.308 e. The number of rotatable bonds is 2. The van der Waals surface area contributed by atoms with Gasteiger partial charge in [-0.05, 0) is 24.7 Å². The van der Waals surface area contributed by atoms with E-state index in [9.17, 15) is 9.90 Å². The summed E-state index contributed by atoms with van der Waals surface area (Å²) in [6.45, 7) is 5.14. The molecular formula is C15H23N3O2. The lowest BCUT2D eigenvalue weighted by Crippen LogP contribution is -2.32. The van der Waals surface area contributed by atoms with Gasteiger partial charge in [0.2, 0.25) is 0 Å². The molecule has 0 saturated heterocycles. The number of aliphatic carboxylic acids is 1. The number of hydrogen-bond acceptors (Lipinski definition) is 3. The molecule has 2 atom stereocenters. The van der Waals surface area contributed by atoms with Crippen LogP contribution in [-0.4, -0.2) is 25.8 Å². The van der Waals surface area contributed by atoms with E-state index >= 15 is 0 Å². The van der Waals surface area contributed by atoms with Crippen LogP contribution >= 0.6 is 0 Å². The molecule has 2 unspecified atom stereocenters. The number of fused-ring (bicyclic) bond motifs is 1. The van der Waals surface area contributed by atoms with Crippen LogP contribution in [0.5, 0.6) is 0 Å². The average Bonchev–Trinajstić information content (AvgIpc) is 2.81. The minimum Gasteiger partial charge on any atom is -0.481 e. The molecule has 0 radical (unpaired) electrons. The molecule has 2 aliphatic rings. The van der Waals surface area contributed by atoms with E-state index in [2.05, 4.69) is 28.6 Å².